The minimum absolute atomic E-state index is 0.224. The number of ether oxygens (including phenoxy) is 1. The van der Waals surface area contributed by atoms with Crippen LogP contribution in [0.1, 0.15) is 45.4 Å². The normalized spacial score (nSPS) is 19.1. The highest BCUT2D eigenvalue weighted by molar-refractivity contribution is 9.10. The summed E-state index contributed by atoms with van der Waals surface area (Å²) in [6.45, 7) is 7.07. The Kier molecular flexibility index (Phi) is 4.36. The van der Waals surface area contributed by atoms with E-state index < -0.39 is 5.60 Å². The van der Waals surface area contributed by atoms with Gasteiger partial charge in [0.25, 0.3) is 0 Å². The highest BCUT2D eigenvalue weighted by Crippen LogP contribution is 2.28. The molecule has 1 fully saturated rings. The van der Waals surface area contributed by atoms with E-state index in [-0.39, 0.29) is 12.0 Å². The molecule has 0 saturated carbocycles. The minimum Gasteiger partial charge on any atom is -0.444 e. The summed E-state index contributed by atoms with van der Waals surface area (Å²) in [4.78, 5) is 22.2. The lowest BCUT2D eigenvalue weighted by atomic mass is 9.98. The Balaban J connectivity index is 1.75. The van der Waals surface area contributed by atoms with E-state index in [1.165, 1.54) is 0 Å². The van der Waals surface area contributed by atoms with E-state index in [9.17, 15) is 4.79 Å². The lowest BCUT2D eigenvalue weighted by Gasteiger charge is -2.33. The first-order valence-electron chi connectivity index (χ1n) is 7.95. The maximum Gasteiger partial charge on any atom is 0.410 e. The molecule has 1 amide bonds. The molecule has 124 valence electrons. The molecule has 1 saturated heterocycles. The van der Waals surface area contributed by atoms with Crippen molar-refractivity contribution in [1.82, 2.24) is 14.9 Å². The third-order valence-electron chi connectivity index (χ3n) is 3.92. The van der Waals surface area contributed by atoms with Crippen LogP contribution in [0.15, 0.2) is 22.7 Å². The lowest BCUT2D eigenvalue weighted by molar-refractivity contribution is 0.0196. The van der Waals surface area contributed by atoms with Crippen LogP contribution in [-0.2, 0) is 4.74 Å². The SMILES string of the molecule is CC(C)(C)OC(=O)N1CCC[C@H](c2nc3ccc(Br)cc3[nH]2)C1. The number of likely N-dealkylation sites (tertiary alicyclic amines) is 1. The second kappa shape index (κ2) is 6.15. The molecule has 0 radical (unpaired) electrons. The van der Waals surface area contributed by atoms with Gasteiger partial charge in [0.05, 0.1) is 11.0 Å². The van der Waals surface area contributed by atoms with Crippen LogP contribution in [-0.4, -0.2) is 39.7 Å². The van der Waals surface area contributed by atoms with Gasteiger partial charge in [0.2, 0.25) is 0 Å². The number of carbonyl (C=O) groups is 1. The predicted molar refractivity (Wildman–Crippen MR) is 93.6 cm³/mol. The molecule has 0 bridgehead atoms. The number of imidazole rings is 1. The molecular weight excluding hydrogens is 358 g/mol. The Morgan fingerprint density at radius 3 is 2.96 bits per heavy atom. The van der Waals surface area contributed by atoms with Crippen molar-refractivity contribution in [2.75, 3.05) is 13.1 Å². The van der Waals surface area contributed by atoms with E-state index in [0.29, 0.717) is 6.54 Å². The van der Waals surface area contributed by atoms with Gasteiger partial charge in [0.1, 0.15) is 11.4 Å². The highest BCUT2D eigenvalue weighted by atomic mass is 79.9. The number of aromatic amines is 1. The molecule has 1 aliphatic rings. The number of amides is 1. The molecular formula is C17H22BrN3O2. The van der Waals surface area contributed by atoms with Crippen LogP contribution < -0.4 is 0 Å². The topological polar surface area (TPSA) is 58.2 Å². The highest BCUT2D eigenvalue weighted by Gasteiger charge is 2.29. The monoisotopic (exact) mass is 379 g/mol. The van der Waals surface area contributed by atoms with Crippen LogP contribution in [0.2, 0.25) is 0 Å². The molecule has 1 aliphatic heterocycles. The van der Waals surface area contributed by atoms with Crippen molar-refractivity contribution in [2.45, 2.75) is 45.1 Å². The zero-order valence-corrected chi connectivity index (χ0v) is 15.3. The third kappa shape index (κ3) is 3.86. The van der Waals surface area contributed by atoms with Gasteiger partial charge in [-0.05, 0) is 51.8 Å². The van der Waals surface area contributed by atoms with Crippen molar-refractivity contribution in [2.24, 2.45) is 0 Å². The second-order valence-corrected chi connectivity index (χ2v) is 7.96. The van der Waals surface area contributed by atoms with Gasteiger partial charge >= 0.3 is 6.09 Å². The van der Waals surface area contributed by atoms with E-state index in [2.05, 4.69) is 20.9 Å². The molecule has 23 heavy (non-hydrogen) atoms. The summed E-state index contributed by atoms with van der Waals surface area (Å²) in [6.07, 6.45) is 1.76. The summed E-state index contributed by atoms with van der Waals surface area (Å²) in [5.41, 5.74) is 1.51. The summed E-state index contributed by atoms with van der Waals surface area (Å²) in [7, 11) is 0. The molecule has 2 aromatic rings. The Morgan fingerprint density at radius 2 is 2.22 bits per heavy atom. The summed E-state index contributed by atoms with van der Waals surface area (Å²) in [5.74, 6) is 1.17. The van der Waals surface area contributed by atoms with E-state index in [0.717, 1.165) is 40.7 Å². The van der Waals surface area contributed by atoms with E-state index >= 15 is 0 Å². The molecule has 6 heteroatoms. The van der Waals surface area contributed by atoms with Crippen molar-refractivity contribution in [1.29, 1.82) is 0 Å². The van der Waals surface area contributed by atoms with Gasteiger partial charge in [-0.2, -0.15) is 0 Å². The molecule has 1 aromatic heterocycles. The van der Waals surface area contributed by atoms with Crippen LogP contribution in [0.3, 0.4) is 0 Å². The summed E-state index contributed by atoms with van der Waals surface area (Å²) in [5, 5.41) is 0. The number of rotatable bonds is 1. The molecule has 1 atom stereocenters. The first-order chi connectivity index (χ1) is 10.8. The number of benzene rings is 1. The molecule has 5 nitrogen and oxygen atoms in total. The third-order valence-corrected chi connectivity index (χ3v) is 4.42. The van der Waals surface area contributed by atoms with Crippen LogP contribution >= 0.6 is 15.9 Å². The van der Waals surface area contributed by atoms with Crippen molar-refractivity contribution >= 4 is 33.1 Å². The Morgan fingerprint density at radius 1 is 1.43 bits per heavy atom. The second-order valence-electron chi connectivity index (χ2n) is 7.05. The summed E-state index contributed by atoms with van der Waals surface area (Å²) >= 11 is 3.48. The fourth-order valence-electron chi connectivity index (χ4n) is 2.89. The quantitative estimate of drug-likeness (QED) is 0.796. The van der Waals surface area contributed by atoms with E-state index in [1.54, 1.807) is 4.90 Å². The predicted octanol–water partition coefficient (Wildman–Crippen LogP) is 4.44. The molecule has 1 aromatic carbocycles. The van der Waals surface area contributed by atoms with Gasteiger partial charge < -0.3 is 14.6 Å². The number of hydrogen-bond donors (Lipinski definition) is 1. The number of nitrogens with zero attached hydrogens (tertiary/aromatic N) is 2. The lowest BCUT2D eigenvalue weighted by Crippen LogP contribution is -2.42. The maximum atomic E-state index is 12.3. The van der Waals surface area contributed by atoms with Gasteiger partial charge in [-0.3, -0.25) is 0 Å². The fraction of sp³-hybridized carbons (Fsp3) is 0.529. The molecule has 0 unspecified atom stereocenters. The number of fused-ring (bicyclic) bond motifs is 1. The fourth-order valence-corrected chi connectivity index (χ4v) is 3.25. The molecule has 0 aliphatic carbocycles. The first-order valence-corrected chi connectivity index (χ1v) is 8.74. The number of piperidine rings is 1. The van der Waals surface area contributed by atoms with Gasteiger partial charge in [-0.1, -0.05) is 15.9 Å². The van der Waals surface area contributed by atoms with Gasteiger partial charge in [0, 0.05) is 23.5 Å². The average molecular weight is 380 g/mol. The molecule has 0 spiro atoms. The number of hydrogen-bond acceptors (Lipinski definition) is 3. The first kappa shape index (κ1) is 16.3. The number of aromatic nitrogens is 2. The van der Waals surface area contributed by atoms with Crippen molar-refractivity contribution in [3.8, 4) is 0 Å². The average Bonchev–Trinajstić information content (AvgIpc) is 2.88. The van der Waals surface area contributed by atoms with E-state index in [4.69, 9.17) is 9.72 Å². The standard InChI is InChI=1S/C17H22BrN3O2/c1-17(2,3)23-16(22)21-8-4-5-11(10-21)15-19-13-7-6-12(18)9-14(13)20-15/h6-7,9,11H,4-5,8,10H2,1-3H3,(H,19,20)/t11-/m0/s1. The van der Waals surface area contributed by atoms with Crippen molar-refractivity contribution in [3.05, 3.63) is 28.5 Å². The Bertz CT molecular complexity index is 720. The van der Waals surface area contributed by atoms with Crippen molar-refractivity contribution < 1.29 is 9.53 Å². The van der Waals surface area contributed by atoms with E-state index in [1.807, 2.05) is 39.0 Å². The maximum absolute atomic E-state index is 12.3. The number of nitrogens with one attached hydrogen (secondary N) is 1. The number of halogens is 1. The summed E-state index contributed by atoms with van der Waals surface area (Å²) in [6, 6.07) is 6.01. The zero-order chi connectivity index (χ0) is 16.6. The van der Waals surface area contributed by atoms with Crippen LogP contribution in [0.5, 0.6) is 0 Å². The van der Waals surface area contributed by atoms with Crippen LogP contribution in [0.4, 0.5) is 4.79 Å². The molecule has 1 N–H and O–H groups in total. The largest absolute Gasteiger partial charge is 0.444 e. The Hall–Kier alpha value is -1.56. The van der Waals surface area contributed by atoms with Gasteiger partial charge in [-0.15, -0.1) is 0 Å². The molecule has 2 heterocycles. The zero-order valence-electron chi connectivity index (χ0n) is 13.7. The van der Waals surface area contributed by atoms with Crippen LogP contribution in [0.25, 0.3) is 11.0 Å². The molecule has 3 rings (SSSR count). The van der Waals surface area contributed by atoms with Crippen molar-refractivity contribution in [3.63, 3.8) is 0 Å². The Labute approximate surface area is 144 Å². The van der Waals surface area contributed by atoms with Crippen LogP contribution in [0, 0.1) is 0 Å². The number of carbonyl (C=O) groups excluding carboxylic acids is 1. The summed E-state index contributed by atoms with van der Waals surface area (Å²) < 4.78 is 6.51. The smallest absolute Gasteiger partial charge is 0.410 e. The van der Waals surface area contributed by atoms with Gasteiger partial charge in [-0.25, -0.2) is 9.78 Å². The van der Waals surface area contributed by atoms with Gasteiger partial charge in [0.15, 0.2) is 0 Å². The number of H-pyrrole nitrogens is 1. The minimum atomic E-state index is -0.463.